The minimum Gasteiger partial charge on any atom is -0.497 e. The summed E-state index contributed by atoms with van der Waals surface area (Å²) in [7, 11) is 6.83. The van der Waals surface area contributed by atoms with E-state index >= 15 is 0 Å². The molecular weight excluding hydrogens is 360 g/mol. The first-order chi connectivity index (χ1) is 13.5. The zero-order chi connectivity index (χ0) is 20.4. The fourth-order valence-electron chi connectivity index (χ4n) is 2.83. The molecular formula is C20H32N4O4. The maximum absolute atomic E-state index is 11.9. The van der Waals surface area contributed by atoms with Crippen molar-refractivity contribution >= 4 is 11.9 Å². The van der Waals surface area contributed by atoms with Crippen LogP contribution in [0.25, 0.3) is 0 Å². The molecule has 1 fully saturated rings. The van der Waals surface area contributed by atoms with Crippen molar-refractivity contribution in [3.05, 3.63) is 29.8 Å². The molecule has 0 aromatic heterocycles. The van der Waals surface area contributed by atoms with E-state index in [9.17, 15) is 4.79 Å². The second kappa shape index (κ2) is 10.9. The zero-order valence-electron chi connectivity index (χ0n) is 17.3. The molecule has 8 nitrogen and oxygen atoms in total. The number of hydrogen-bond acceptors (Lipinski definition) is 5. The molecule has 1 amide bonds. The van der Waals surface area contributed by atoms with Crippen LogP contribution in [0.1, 0.15) is 18.4 Å². The van der Waals surface area contributed by atoms with Crippen molar-refractivity contribution in [1.29, 1.82) is 0 Å². The van der Waals surface area contributed by atoms with E-state index in [0.717, 1.165) is 24.2 Å². The van der Waals surface area contributed by atoms with Crippen LogP contribution in [-0.2, 0) is 20.8 Å². The highest BCUT2D eigenvalue weighted by Gasteiger charge is 2.32. The largest absolute Gasteiger partial charge is 0.497 e. The van der Waals surface area contributed by atoms with Crippen LogP contribution in [0.5, 0.6) is 5.75 Å². The molecule has 0 saturated carbocycles. The number of amides is 1. The van der Waals surface area contributed by atoms with Gasteiger partial charge in [-0.25, -0.2) is 4.99 Å². The molecule has 8 heteroatoms. The summed E-state index contributed by atoms with van der Waals surface area (Å²) in [5.74, 6) is 1.36. The lowest BCUT2D eigenvalue weighted by Crippen LogP contribution is -2.51. The predicted molar refractivity (Wildman–Crippen MR) is 109 cm³/mol. The Labute approximate surface area is 167 Å². The summed E-state index contributed by atoms with van der Waals surface area (Å²) in [4.78, 5) is 18.1. The number of carbonyl (C=O) groups is 1. The number of benzene rings is 1. The number of hydrogen-bond donors (Lipinski definition) is 2. The number of likely N-dealkylation sites (N-methyl/N-ethyl adjacent to an activating group) is 1. The quantitative estimate of drug-likeness (QED) is 0.508. The molecule has 0 aliphatic carbocycles. The lowest BCUT2D eigenvalue weighted by atomic mass is 9.94. The Morgan fingerprint density at radius 2 is 1.86 bits per heavy atom. The van der Waals surface area contributed by atoms with Gasteiger partial charge in [-0.1, -0.05) is 12.1 Å². The standard InChI is InChI=1S/C20H32N4O4/c1-24(2)18(25)14-22-19(21-13-16-5-7-17(26-3)8-6-16)23-15-20(27-4)9-11-28-12-10-20/h5-8H,9-15H2,1-4H3,(H2,21,22,23). The van der Waals surface area contributed by atoms with Gasteiger partial charge in [-0.3, -0.25) is 4.79 Å². The first-order valence-corrected chi connectivity index (χ1v) is 9.46. The van der Waals surface area contributed by atoms with Crippen LogP contribution in [-0.4, -0.2) is 77.0 Å². The van der Waals surface area contributed by atoms with Crippen LogP contribution in [0.3, 0.4) is 0 Å². The van der Waals surface area contributed by atoms with Gasteiger partial charge in [0.25, 0.3) is 0 Å². The van der Waals surface area contributed by atoms with Crippen LogP contribution in [0.15, 0.2) is 29.3 Å². The molecule has 1 heterocycles. The summed E-state index contributed by atoms with van der Waals surface area (Å²) in [5.41, 5.74) is 0.764. The molecule has 1 aromatic rings. The van der Waals surface area contributed by atoms with E-state index in [4.69, 9.17) is 14.2 Å². The lowest BCUT2D eigenvalue weighted by molar-refractivity contribution is -0.127. The summed E-state index contributed by atoms with van der Waals surface area (Å²) >= 11 is 0. The van der Waals surface area contributed by atoms with Crippen molar-refractivity contribution < 1.29 is 19.0 Å². The molecule has 156 valence electrons. The van der Waals surface area contributed by atoms with Gasteiger partial charge >= 0.3 is 0 Å². The Morgan fingerprint density at radius 1 is 1.18 bits per heavy atom. The lowest BCUT2D eigenvalue weighted by Gasteiger charge is -2.36. The highest BCUT2D eigenvalue weighted by Crippen LogP contribution is 2.23. The summed E-state index contributed by atoms with van der Waals surface area (Å²) in [6.45, 7) is 2.61. The smallest absolute Gasteiger partial charge is 0.241 e. The summed E-state index contributed by atoms with van der Waals surface area (Å²) < 4.78 is 16.4. The zero-order valence-corrected chi connectivity index (χ0v) is 17.3. The van der Waals surface area contributed by atoms with Gasteiger partial charge in [-0.15, -0.1) is 0 Å². The average molecular weight is 393 g/mol. The molecule has 28 heavy (non-hydrogen) atoms. The monoisotopic (exact) mass is 392 g/mol. The van der Waals surface area contributed by atoms with Crippen LogP contribution in [0.2, 0.25) is 0 Å². The van der Waals surface area contributed by atoms with Crippen molar-refractivity contribution in [3.8, 4) is 5.75 Å². The number of guanidine groups is 1. The van der Waals surface area contributed by atoms with Crippen LogP contribution >= 0.6 is 0 Å². The Bertz CT molecular complexity index is 640. The van der Waals surface area contributed by atoms with Gasteiger partial charge in [0.05, 0.1) is 25.8 Å². The van der Waals surface area contributed by atoms with Gasteiger partial charge in [0.1, 0.15) is 5.75 Å². The van der Waals surface area contributed by atoms with Crippen LogP contribution in [0, 0.1) is 0 Å². The minimum atomic E-state index is -0.285. The molecule has 0 radical (unpaired) electrons. The number of nitrogens with zero attached hydrogens (tertiary/aromatic N) is 2. The third-order valence-electron chi connectivity index (χ3n) is 4.90. The molecule has 1 aliphatic rings. The Hall–Kier alpha value is -2.32. The predicted octanol–water partition coefficient (Wildman–Crippen LogP) is 1.01. The third kappa shape index (κ3) is 6.69. The minimum absolute atomic E-state index is 0.0218. The number of ether oxygens (including phenoxy) is 3. The van der Waals surface area contributed by atoms with Gasteiger partial charge in [0.2, 0.25) is 5.91 Å². The molecule has 1 saturated heterocycles. The van der Waals surface area contributed by atoms with E-state index in [1.165, 1.54) is 0 Å². The van der Waals surface area contributed by atoms with E-state index in [2.05, 4.69) is 15.6 Å². The van der Waals surface area contributed by atoms with E-state index < -0.39 is 0 Å². The van der Waals surface area contributed by atoms with Crippen molar-refractivity contribution in [3.63, 3.8) is 0 Å². The Morgan fingerprint density at radius 3 is 2.43 bits per heavy atom. The Balaban J connectivity index is 2.02. The topological polar surface area (TPSA) is 84.4 Å². The van der Waals surface area contributed by atoms with Crippen molar-refractivity contribution in [2.45, 2.75) is 25.0 Å². The second-order valence-corrected chi connectivity index (χ2v) is 7.01. The molecule has 1 aliphatic heterocycles. The first-order valence-electron chi connectivity index (χ1n) is 9.46. The summed E-state index contributed by atoms with van der Waals surface area (Å²) in [6.07, 6.45) is 1.64. The van der Waals surface area contributed by atoms with Gasteiger partial charge in [-0.05, 0) is 17.7 Å². The molecule has 2 N–H and O–H groups in total. The van der Waals surface area contributed by atoms with Gasteiger partial charge in [0, 0.05) is 53.8 Å². The fraction of sp³-hybridized carbons (Fsp3) is 0.600. The van der Waals surface area contributed by atoms with E-state index in [0.29, 0.717) is 32.3 Å². The van der Waals surface area contributed by atoms with E-state index in [1.807, 2.05) is 24.3 Å². The van der Waals surface area contributed by atoms with Gasteiger partial charge in [0.15, 0.2) is 5.96 Å². The molecule has 0 atom stereocenters. The van der Waals surface area contributed by atoms with Crippen LogP contribution < -0.4 is 15.4 Å². The third-order valence-corrected chi connectivity index (χ3v) is 4.90. The number of rotatable bonds is 8. The van der Waals surface area contributed by atoms with Crippen molar-refractivity contribution in [2.75, 3.05) is 54.6 Å². The molecule has 0 spiro atoms. The fourth-order valence-corrected chi connectivity index (χ4v) is 2.83. The SMILES string of the molecule is COc1ccc(CN=C(NCC(=O)N(C)C)NCC2(OC)CCOCC2)cc1. The normalized spacial score (nSPS) is 16.4. The number of carbonyl (C=O) groups excluding carboxylic acids is 1. The van der Waals surface area contributed by atoms with E-state index in [-0.39, 0.29) is 18.1 Å². The summed E-state index contributed by atoms with van der Waals surface area (Å²) in [5, 5.41) is 6.44. The number of methoxy groups -OCH3 is 2. The molecule has 0 bridgehead atoms. The molecule has 0 unspecified atom stereocenters. The average Bonchev–Trinajstić information content (AvgIpc) is 2.73. The van der Waals surface area contributed by atoms with Gasteiger partial charge in [-0.2, -0.15) is 0 Å². The number of aliphatic imine (C=N–C) groups is 1. The Kier molecular flexibility index (Phi) is 8.53. The van der Waals surface area contributed by atoms with Crippen molar-refractivity contribution in [2.24, 2.45) is 4.99 Å². The highest BCUT2D eigenvalue weighted by molar-refractivity contribution is 5.86. The molecule has 2 rings (SSSR count). The number of nitrogens with one attached hydrogen (secondary N) is 2. The second-order valence-electron chi connectivity index (χ2n) is 7.01. The maximum atomic E-state index is 11.9. The highest BCUT2D eigenvalue weighted by atomic mass is 16.5. The molecule has 1 aromatic carbocycles. The summed E-state index contributed by atoms with van der Waals surface area (Å²) in [6, 6.07) is 7.76. The van der Waals surface area contributed by atoms with Crippen molar-refractivity contribution in [1.82, 2.24) is 15.5 Å². The van der Waals surface area contributed by atoms with Gasteiger partial charge < -0.3 is 29.7 Å². The first kappa shape index (κ1) is 22.0. The van der Waals surface area contributed by atoms with E-state index in [1.54, 1.807) is 33.2 Å². The maximum Gasteiger partial charge on any atom is 0.241 e. The van der Waals surface area contributed by atoms with Crippen LogP contribution in [0.4, 0.5) is 0 Å².